The Bertz CT molecular complexity index is 665. The normalized spacial score (nSPS) is 18.7. The van der Waals surface area contributed by atoms with Gasteiger partial charge < -0.3 is 14.8 Å². The molecule has 1 N–H and O–H groups in total. The number of amides is 1. The van der Waals surface area contributed by atoms with Crippen LogP contribution in [-0.4, -0.2) is 51.9 Å². The van der Waals surface area contributed by atoms with Crippen LogP contribution in [0.25, 0.3) is 11.0 Å². The second-order valence-corrected chi connectivity index (χ2v) is 5.33. The number of rotatable bonds is 3. The van der Waals surface area contributed by atoms with Crippen molar-refractivity contribution in [1.29, 1.82) is 0 Å². The second kappa shape index (κ2) is 5.55. The van der Waals surface area contributed by atoms with Crippen molar-refractivity contribution < 1.29 is 4.79 Å². The van der Waals surface area contributed by atoms with E-state index in [0.717, 1.165) is 36.2 Å². The highest BCUT2D eigenvalue weighted by Gasteiger charge is 2.26. The van der Waals surface area contributed by atoms with Crippen molar-refractivity contribution in [3.05, 3.63) is 31.2 Å². The summed E-state index contributed by atoms with van der Waals surface area (Å²) in [7, 11) is 2.03. The molecule has 2 aromatic heterocycles. The number of H-pyrrole nitrogens is 1. The van der Waals surface area contributed by atoms with Crippen LogP contribution in [0.5, 0.6) is 0 Å². The van der Waals surface area contributed by atoms with Gasteiger partial charge in [0, 0.05) is 32.4 Å². The predicted octanol–water partition coefficient (Wildman–Crippen LogP) is 1.57. The molecule has 21 heavy (non-hydrogen) atoms. The van der Waals surface area contributed by atoms with Crippen LogP contribution < -0.4 is 4.90 Å². The molecule has 3 rings (SSSR count). The number of nitrogens with one attached hydrogen (secondary N) is 1. The summed E-state index contributed by atoms with van der Waals surface area (Å²) in [6, 6.07) is 2.24. The number of carbonyl (C=O) groups is 1. The Labute approximate surface area is 123 Å². The van der Waals surface area contributed by atoms with Crippen molar-refractivity contribution in [2.45, 2.75) is 18.9 Å². The SMILES string of the molecule is C=CC(=O)N1CCC[C@@H](N(C)c2ncnc3[nH]ccc23)C1. The third-order valence-electron chi connectivity index (χ3n) is 4.10. The highest BCUT2D eigenvalue weighted by Crippen LogP contribution is 2.25. The highest BCUT2D eigenvalue weighted by molar-refractivity contribution is 5.88. The first kappa shape index (κ1) is 13.6. The number of piperidine rings is 1. The van der Waals surface area contributed by atoms with Gasteiger partial charge in [-0.05, 0) is 25.0 Å². The fraction of sp³-hybridized carbons (Fsp3) is 0.400. The molecule has 0 saturated carbocycles. The quantitative estimate of drug-likeness (QED) is 0.869. The highest BCUT2D eigenvalue weighted by atomic mass is 16.2. The van der Waals surface area contributed by atoms with Crippen LogP contribution in [0.3, 0.4) is 0 Å². The maximum atomic E-state index is 11.8. The maximum absolute atomic E-state index is 11.8. The molecule has 0 unspecified atom stereocenters. The van der Waals surface area contributed by atoms with Crippen LogP contribution in [0.2, 0.25) is 0 Å². The van der Waals surface area contributed by atoms with Gasteiger partial charge in [-0.1, -0.05) is 6.58 Å². The molecule has 6 nitrogen and oxygen atoms in total. The van der Waals surface area contributed by atoms with E-state index in [2.05, 4.69) is 26.4 Å². The van der Waals surface area contributed by atoms with Gasteiger partial charge in [-0.15, -0.1) is 0 Å². The molecule has 0 aromatic carbocycles. The van der Waals surface area contributed by atoms with Crippen LogP contribution in [-0.2, 0) is 4.79 Å². The molecule has 3 heterocycles. The summed E-state index contributed by atoms with van der Waals surface area (Å²) in [6.07, 6.45) is 6.87. The molecule has 110 valence electrons. The lowest BCUT2D eigenvalue weighted by molar-refractivity contribution is -0.127. The van der Waals surface area contributed by atoms with Crippen LogP contribution in [0.15, 0.2) is 31.2 Å². The smallest absolute Gasteiger partial charge is 0.246 e. The topological polar surface area (TPSA) is 65.1 Å². The zero-order valence-corrected chi connectivity index (χ0v) is 12.1. The maximum Gasteiger partial charge on any atom is 0.246 e. The third kappa shape index (κ3) is 2.49. The van der Waals surface area contributed by atoms with Crippen LogP contribution in [0, 0.1) is 0 Å². The van der Waals surface area contributed by atoms with E-state index in [1.165, 1.54) is 6.08 Å². The van der Waals surface area contributed by atoms with E-state index in [-0.39, 0.29) is 11.9 Å². The minimum atomic E-state index is 0.00239. The minimum absolute atomic E-state index is 0.00239. The summed E-state index contributed by atoms with van der Waals surface area (Å²) in [5.74, 6) is 0.904. The van der Waals surface area contributed by atoms with Crippen molar-refractivity contribution in [3.8, 4) is 0 Å². The van der Waals surface area contributed by atoms with Crippen molar-refractivity contribution >= 4 is 22.8 Å². The molecular weight excluding hydrogens is 266 g/mol. The molecule has 0 aliphatic carbocycles. The Kier molecular flexibility index (Phi) is 3.60. The van der Waals surface area contributed by atoms with Crippen molar-refractivity contribution in [2.75, 3.05) is 25.0 Å². The second-order valence-electron chi connectivity index (χ2n) is 5.33. The number of aromatic nitrogens is 3. The number of aromatic amines is 1. The monoisotopic (exact) mass is 285 g/mol. The van der Waals surface area contributed by atoms with E-state index in [4.69, 9.17) is 0 Å². The molecule has 0 bridgehead atoms. The van der Waals surface area contributed by atoms with Gasteiger partial charge in [0.15, 0.2) is 0 Å². The van der Waals surface area contributed by atoms with Gasteiger partial charge in [0.1, 0.15) is 17.8 Å². The first-order valence-electron chi connectivity index (χ1n) is 7.13. The van der Waals surface area contributed by atoms with Gasteiger partial charge in [0.05, 0.1) is 5.39 Å². The number of carbonyl (C=O) groups excluding carboxylic acids is 1. The molecule has 1 aliphatic rings. The Morgan fingerprint density at radius 1 is 1.57 bits per heavy atom. The van der Waals surface area contributed by atoms with Crippen LogP contribution in [0.1, 0.15) is 12.8 Å². The van der Waals surface area contributed by atoms with Crippen molar-refractivity contribution in [1.82, 2.24) is 19.9 Å². The number of likely N-dealkylation sites (tertiary alicyclic amines) is 1. The molecule has 0 radical (unpaired) electrons. The molecule has 1 atom stereocenters. The summed E-state index contributed by atoms with van der Waals surface area (Å²) in [5.41, 5.74) is 0.835. The molecule has 1 amide bonds. The summed E-state index contributed by atoms with van der Waals surface area (Å²) < 4.78 is 0. The van der Waals surface area contributed by atoms with E-state index in [1.54, 1.807) is 6.33 Å². The number of anilines is 1. The molecule has 6 heteroatoms. The Balaban J connectivity index is 1.84. The largest absolute Gasteiger partial charge is 0.354 e. The van der Waals surface area contributed by atoms with Gasteiger partial charge >= 0.3 is 0 Å². The van der Waals surface area contributed by atoms with Gasteiger partial charge in [0.2, 0.25) is 5.91 Å². The van der Waals surface area contributed by atoms with Gasteiger partial charge in [-0.3, -0.25) is 4.79 Å². The number of hydrogen-bond acceptors (Lipinski definition) is 4. The summed E-state index contributed by atoms with van der Waals surface area (Å²) in [4.78, 5) is 27.5. The summed E-state index contributed by atoms with van der Waals surface area (Å²) in [5, 5.41) is 1.01. The first-order chi connectivity index (χ1) is 10.2. The standard InChI is InChI=1S/C15H19N5O/c1-3-13(21)20-8-4-5-11(9-20)19(2)15-12-6-7-16-14(12)17-10-18-15/h3,6-7,10-11H,1,4-5,8-9H2,2H3,(H,16,17,18)/t11-/m1/s1. The number of likely N-dealkylation sites (N-methyl/N-ethyl adjacent to an activating group) is 1. The van der Waals surface area contributed by atoms with Crippen molar-refractivity contribution in [3.63, 3.8) is 0 Å². The van der Waals surface area contributed by atoms with Gasteiger partial charge in [-0.25, -0.2) is 9.97 Å². The molecule has 2 aromatic rings. The van der Waals surface area contributed by atoms with Crippen LogP contribution >= 0.6 is 0 Å². The first-order valence-corrected chi connectivity index (χ1v) is 7.13. The number of nitrogens with zero attached hydrogens (tertiary/aromatic N) is 4. The zero-order valence-electron chi connectivity index (χ0n) is 12.1. The van der Waals surface area contributed by atoms with Gasteiger partial charge in [0.25, 0.3) is 0 Å². The van der Waals surface area contributed by atoms with E-state index in [9.17, 15) is 4.79 Å². The lowest BCUT2D eigenvalue weighted by Crippen LogP contribution is -2.48. The van der Waals surface area contributed by atoms with Crippen molar-refractivity contribution in [2.24, 2.45) is 0 Å². The van der Waals surface area contributed by atoms with E-state index >= 15 is 0 Å². The predicted molar refractivity (Wildman–Crippen MR) is 82.1 cm³/mol. The average Bonchev–Trinajstić information content (AvgIpc) is 3.02. The Morgan fingerprint density at radius 2 is 2.43 bits per heavy atom. The lowest BCUT2D eigenvalue weighted by Gasteiger charge is -2.37. The molecular formula is C15H19N5O. The van der Waals surface area contributed by atoms with E-state index in [0.29, 0.717) is 6.54 Å². The van der Waals surface area contributed by atoms with E-state index in [1.807, 2.05) is 24.2 Å². The molecule has 1 saturated heterocycles. The summed E-state index contributed by atoms with van der Waals surface area (Å²) >= 11 is 0. The van der Waals surface area contributed by atoms with Gasteiger partial charge in [-0.2, -0.15) is 0 Å². The number of hydrogen-bond donors (Lipinski definition) is 1. The number of fused-ring (bicyclic) bond motifs is 1. The molecule has 0 spiro atoms. The minimum Gasteiger partial charge on any atom is -0.354 e. The third-order valence-corrected chi connectivity index (χ3v) is 4.10. The molecule has 1 aliphatic heterocycles. The lowest BCUT2D eigenvalue weighted by atomic mass is 10.0. The fourth-order valence-electron chi connectivity index (χ4n) is 2.91. The Morgan fingerprint density at radius 3 is 3.24 bits per heavy atom. The van der Waals surface area contributed by atoms with E-state index < -0.39 is 0 Å². The fourth-order valence-corrected chi connectivity index (χ4v) is 2.91. The van der Waals surface area contributed by atoms with Crippen LogP contribution in [0.4, 0.5) is 5.82 Å². The average molecular weight is 285 g/mol. The summed E-state index contributed by atoms with van der Waals surface area (Å²) in [6.45, 7) is 5.08. The Hall–Kier alpha value is -2.37. The molecule has 1 fully saturated rings. The zero-order chi connectivity index (χ0) is 14.8.